The molecule has 0 aliphatic carbocycles. The second-order valence-corrected chi connectivity index (χ2v) is 8.58. The van der Waals surface area contributed by atoms with E-state index in [1.807, 2.05) is 24.3 Å². The van der Waals surface area contributed by atoms with Crippen LogP contribution in [-0.2, 0) is 9.59 Å². The fourth-order valence-electron chi connectivity index (χ4n) is 4.25. The van der Waals surface area contributed by atoms with E-state index in [9.17, 15) is 9.59 Å². The Morgan fingerprint density at radius 1 is 1.24 bits per heavy atom. The van der Waals surface area contributed by atoms with E-state index in [2.05, 4.69) is 27.7 Å². The van der Waals surface area contributed by atoms with Crippen LogP contribution in [0.3, 0.4) is 0 Å². The summed E-state index contributed by atoms with van der Waals surface area (Å²) < 4.78 is 5.38. The third-order valence-electron chi connectivity index (χ3n) is 5.79. The van der Waals surface area contributed by atoms with Crippen LogP contribution in [0.25, 0.3) is 0 Å². The van der Waals surface area contributed by atoms with Gasteiger partial charge in [0.05, 0.1) is 24.8 Å². The van der Waals surface area contributed by atoms with Crippen LogP contribution in [-0.4, -0.2) is 50.0 Å². The van der Waals surface area contributed by atoms with Crippen LogP contribution in [0, 0.1) is 5.92 Å². The zero-order chi connectivity index (χ0) is 20.2. The van der Waals surface area contributed by atoms with E-state index in [1.165, 1.54) is 17.7 Å². The van der Waals surface area contributed by atoms with Crippen molar-refractivity contribution in [2.24, 2.45) is 5.92 Å². The Labute approximate surface area is 175 Å². The topological polar surface area (TPSA) is 61.9 Å². The van der Waals surface area contributed by atoms with Crippen molar-refractivity contribution in [1.29, 1.82) is 0 Å². The Hall–Kier alpha value is -2.38. The number of ether oxygens (including phenoxy) is 1. The molecule has 0 bridgehead atoms. The van der Waals surface area contributed by atoms with Crippen LogP contribution in [0.15, 0.2) is 41.8 Å². The number of methoxy groups -OCH3 is 1. The normalized spacial score (nSPS) is 20.8. The average molecular weight is 414 g/mol. The first kappa shape index (κ1) is 19.9. The number of likely N-dealkylation sites (tertiary alicyclic amines) is 1. The molecule has 29 heavy (non-hydrogen) atoms. The van der Waals surface area contributed by atoms with Gasteiger partial charge in [0.2, 0.25) is 11.8 Å². The Balaban J connectivity index is 1.40. The number of benzene rings is 1. The summed E-state index contributed by atoms with van der Waals surface area (Å²) in [4.78, 5) is 30.9. The number of hydrogen-bond donors (Lipinski definition) is 1. The van der Waals surface area contributed by atoms with Crippen molar-refractivity contribution in [2.75, 3.05) is 38.2 Å². The second kappa shape index (κ2) is 8.97. The van der Waals surface area contributed by atoms with Crippen molar-refractivity contribution in [3.05, 3.63) is 46.7 Å². The van der Waals surface area contributed by atoms with Crippen molar-refractivity contribution < 1.29 is 14.3 Å². The number of para-hydroxylation sites is 2. The van der Waals surface area contributed by atoms with Crippen molar-refractivity contribution in [3.8, 4) is 5.75 Å². The summed E-state index contributed by atoms with van der Waals surface area (Å²) in [5.41, 5.74) is 0.726. The van der Waals surface area contributed by atoms with Crippen LogP contribution >= 0.6 is 11.3 Å². The lowest BCUT2D eigenvalue weighted by atomic mass is 10.1. The molecule has 3 heterocycles. The highest BCUT2D eigenvalue weighted by molar-refractivity contribution is 7.10. The number of nitrogens with one attached hydrogen (secondary N) is 1. The monoisotopic (exact) mass is 413 g/mol. The van der Waals surface area contributed by atoms with Crippen LogP contribution in [0.1, 0.15) is 30.2 Å². The molecule has 2 aliphatic heterocycles. The minimum Gasteiger partial charge on any atom is -0.495 e. The van der Waals surface area contributed by atoms with Gasteiger partial charge in [0.15, 0.2) is 0 Å². The smallest absolute Gasteiger partial charge is 0.227 e. The zero-order valence-corrected chi connectivity index (χ0v) is 17.5. The van der Waals surface area contributed by atoms with Gasteiger partial charge in [-0.1, -0.05) is 18.2 Å². The van der Waals surface area contributed by atoms with Gasteiger partial charge in [0.25, 0.3) is 0 Å². The van der Waals surface area contributed by atoms with Crippen LogP contribution in [0.5, 0.6) is 5.75 Å². The Bertz CT molecular complexity index is 849. The molecule has 2 unspecified atom stereocenters. The summed E-state index contributed by atoms with van der Waals surface area (Å²) >= 11 is 1.73. The molecule has 2 saturated heterocycles. The molecule has 2 aliphatic rings. The van der Waals surface area contributed by atoms with E-state index < -0.39 is 0 Å². The lowest BCUT2D eigenvalue weighted by Gasteiger charge is -2.27. The van der Waals surface area contributed by atoms with E-state index in [1.54, 1.807) is 23.3 Å². The van der Waals surface area contributed by atoms with Gasteiger partial charge in [-0.25, -0.2) is 0 Å². The molecular formula is C22H27N3O3S. The molecule has 0 saturated carbocycles. The fourth-order valence-corrected chi connectivity index (χ4v) is 5.12. The summed E-state index contributed by atoms with van der Waals surface area (Å²) in [5.74, 6) is 0.226. The molecule has 2 amide bonds. The Kier molecular flexibility index (Phi) is 6.16. The number of carbonyl (C=O) groups is 2. The van der Waals surface area contributed by atoms with Gasteiger partial charge >= 0.3 is 0 Å². The summed E-state index contributed by atoms with van der Waals surface area (Å²) in [5, 5.41) is 5.21. The molecule has 1 N–H and O–H groups in total. The van der Waals surface area contributed by atoms with E-state index in [4.69, 9.17) is 4.74 Å². The largest absolute Gasteiger partial charge is 0.495 e. The molecule has 7 heteroatoms. The van der Waals surface area contributed by atoms with Gasteiger partial charge in [-0.05, 0) is 49.5 Å². The number of rotatable bonds is 7. The predicted molar refractivity (Wildman–Crippen MR) is 114 cm³/mol. The third-order valence-corrected chi connectivity index (χ3v) is 6.77. The predicted octanol–water partition coefficient (Wildman–Crippen LogP) is 3.06. The highest BCUT2D eigenvalue weighted by atomic mass is 32.1. The number of thiophene rings is 1. The summed E-state index contributed by atoms with van der Waals surface area (Å²) in [6.45, 7) is 3.11. The number of hydrogen-bond acceptors (Lipinski definition) is 5. The SMILES string of the molecule is COc1ccccc1N1CC(C(=O)NCC(c2cccs2)N2CCCC2)CC1=O. The fraction of sp³-hybridized carbons (Fsp3) is 0.455. The Morgan fingerprint density at radius 2 is 2.03 bits per heavy atom. The highest BCUT2D eigenvalue weighted by Crippen LogP contribution is 2.33. The maximum Gasteiger partial charge on any atom is 0.227 e. The van der Waals surface area contributed by atoms with E-state index in [-0.39, 0.29) is 30.2 Å². The standard InChI is InChI=1S/C22H27N3O3S/c1-28-19-8-3-2-7-17(19)25-15-16(13-21(25)26)22(27)23-14-18(20-9-6-12-29-20)24-10-4-5-11-24/h2-3,6-9,12,16,18H,4-5,10-11,13-15H2,1H3,(H,23,27). The van der Waals surface area contributed by atoms with E-state index in [0.29, 0.717) is 18.8 Å². The molecule has 2 aromatic rings. The van der Waals surface area contributed by atoms with Crippen molar-refractivity contribution in [3.63, 3.8) is 0 Å². The first-order valence-corrected chi connectivity index (χ1v) is 11.0. The maximum absolute atomic E-state index is 12.9. The number of carbonyl (C=O) groups excluding carboxylic acids is 2. The molecule has 2 atom stereocenters. The van der Waals surface area contributed by atoms with Crippen LogP contribution < -0.4 is 15.0 Å². The quantitative estimate of drug-likeness (QED) is 0.758. The molecule has 1 aromatic carbocycles. The molecule has 4 rings (SSSR count). The second-order valence-electron chi connectivity index (χ2n) is 7.60. The minimum absolute atomic E-state index is 0.0380. The van der Waals surface area contributed by atoms with Crippen molar-refractivity contribution in [1.82, 2.24) is 10.2 Å². The highest BCUT2D eigenvalue weighted by Gasteiger charge is 2.36. The molecule has 0 radical (unpaired) electrons. The maximum atomic E-state index is 12.9. The number of anilines is 1. The van der Waals surface area contributed by atoms with Crippen molar-refractivity contribution in [2.45, 2.75) is 25.3 Å². The molecule has 6 nitrogen and oxygen atoms in total. The van der Waals surface area contributed by atoms with Gasteiger partial charge in [-0.2, -0.15) is 0 Å². The third kappa shape index (κ3) is 4.31. The number of amides is 2. The molecule has 0 spiro atoms. The van der Waals surface area contributed by atoms with Gasteiger partial charge in [-0.15, -0.1) is 11.3 Å². The van der Waals surface area contributed by atoms with Gasteiger partial charge < -0.3 is 15.0 Å². The van der Waals surface area contributed by atoms with Gasteiger partial charge in [0, 0.05) is 24.4 Å². The first-order chi connectivity index (χ1) is 14.2. The molecule has 2 fully saturated rings. The summed E-state index contributed by atoms with van der Waals surface area (Å²) in [6, 6.07) is 11.9. The lowest BCUT2D eigenvalue weighted by Crippen LogP contribution is -2.39. The minimum atomic E-state index is -0.338. The summed E-state index contributed by atoms with van der Waals surface area (Å²) in [6.07, 6.45) is 2.65. The molecule has 1 aromatic heterocycles. The van der Waals surface area contributed by atoms with Gasteiger partial charge in [0.1, 0.15) is 5.75 Å². The van der Waals surface area contributed by atoms with Gasteiger partial charge in [-0.3, -0.25) is 14.5 Å². The Morgan fingerprint density at radius 3 is 2.76 bits per heavy atom. The van der Waals surface area contributed by atoms with Crippen molar-refractivity contribution >= 4 is 28.8 Å². The zero-order valence-electron chi connectivity index (χ0n) is 16.7. The average Bonchev–Trinajstić information content (AvgIpc) is 3.50. The first-order valence-electron chi connectivity index (χ1n) is 10.2. The lowest BCUT2D eigenvalue weighted by molar-refractivity contribution is -0.126. The summed E-state index contributed by atoms with van der Waals surface area (Å²) in [7, 11) is 1.59. The van der Waals surface area contributed by atoms with Crippen LogP contribution in [0.4, 0.5) is 5.69 Å². The molecule has 154 valence electrons. The van der Waals surface area contributed by atoms with E-state index >= 15 is 0 Å². The van der Waals surface area contributed by atoms with Crippen LogP contribution in [0.2, 0.25) is 0 Å². The molecular weight excluding hydrogens is 386 g/mol. The van der Waals surface area contributed by atoms with E-state index in [0.717, 1.165) is 18.8 Å². The number of nitrogens with zero attached hydrogens (tertiary/aromatic N) is 2.